The third-order valence-corrected chi connectivity index (χ3v) is 2.69. The van der Waals surface area contributed by atoms with Gasteiger partial charge in [0.25, 0.3) is 5.91 Å². The number of phenolic OH excluding ortho intramolecular Hbond substituents is 1. The lowest BCUT2D eigenvalue weighted by molar-refractivity contribution is 0.0953. The smallest absolute Gasteiger partial charge is 0.251 e. The van der Waals surface area contributed by atoms with Crippen molar-refractivity contribution in [3.8, 4) is 5.75 Å². The van der Waals surface area contributed by atoms with Crippen LogP contribution in [0.15, 0.2) is 42.6 Å². The first-order valence-electron chi connectivity index (χ1n) is 5.93. The number of nitrogens with zero attached hydrogens (tertiary/aromatic N) is 1. The van der Waals surface area contributed by atoms with E-state index in [2.05, 4.69) is 10.3 Å². The van der Waals surface area contributed by atoms with Gasteiger partial charge >= 0.3 is 0 Å². The first kappa shape index (κ1) is 12.9. The molecular formula is C14H15N3O2. The monoisotopic (exact) mass is 257 g/mol. The second kappa shape index (κ2) is 5.86. The summed E-state index contributed by atoms with van der Waals surface area (Å²) in [5.74, 6) is -0.330. The number of hydrogen-bond acceptors (Lipinski definition) is 4. The lowest BCUT2D eigenvalue weighted by Gasteiger charge is -2.06. The van der Waals surface area contributed by atoms with E-state index in [1.165, 1.54) is 12.1 Å². The van der Waals surface area contributed by atoms with Crippen LogP contribution >= 0.6 is 0 Å². The Kier molecular flexibility index (Phi) is 3.97. The molecule has 4 N–H and O–H groups in total. The Labute approximate surface area is 111 Å². The van der Waals surface area contributed by atoms with E-state index in [0.29, 0.717) is 18.5 Å². The van der Waals surface area contributed by atoms with Gasteiger partial charge in [-0.1, -0.05) is 6.07 Å². The zero-order valence-electron chi connectivity index (χ0n) is 10.3. The molecule has 1 heterocycles. The zero-order valence-corrected chi connectivity index (χ0v) is 10.3. The lowest BCUT2D eigenvalue weighted by Crippen LogP contribution is -2.25. The van der Waals surface area contributed by atoms with Crippen LogP contribution in [-0.4, -0.2) is 22.5 Å². The number of carbonyl (C=O) groups excluding carboxylic acids is 1. The van der Waals surface area contributed by atoms with Crippen molar-refractivity contribution in [2.24, 2.45) is 0 Å². The van der Waals surface area contributed by atoms with Gasteiger partial charge in [-0.3, -0.25) is 9.78 Å². The highest BCUT2D eigenvalue weighted by Gasteiger charge is 2.07. The van der Waals surface area contributed by atoms with E-state index in [-0.39, 0.29) is 17.3 Å². The fourth-order valence-electron chi connectivity index (χ4n) is 1.64. The molecule has 19 heavy (non-hydrogen) atoms. The van der Waals surface area contributed by atoms with E-state index in [4.69, 9.17) is 5.73 Å². The van der Waals surface area contributed by atoms with Crippen LogP contribution in [0, 0.1) is 0 Å². The molecule has 0 radical (unpaired) electrons. The van der Waals surface area contributed by atoms with Gasteiger partial charge in [-0.15, -0.1) is 0 Å². The summed E-state index contributed by atoms with van der Waals surface area (Å²) >= 11 is 0. The summed E-state index contributed by atoms with van der Waals surface area (Å²) in [5.41, 5.74) is 7.03. The van der Waals surface area contributed by atoms with Crippen LogP contribution < -0.4 is 11.1 Å². The maximum Gasteiger partial charge on any atom is 0.251 e. The molecule has 0 bridgehead atoms. The predicted molar refractivity (Wildman–Crippen MR) is 72.8 cm³/mol. The van der Waals surface area contributed by atoms with Crippen molar-refractivity contribution in [3.63, 3.8) is 0 Å². The fourth-order valence-corrected chi connectivity index (χ4v) is 1.64. The molecule has 1 aromatic heterocycles. The Hall–Kier alpha value is -2.56. The topological polar surface area (TPSA) is 88.2 Å². The third-order valence-electron chi connectivity index (χ3n) is 2.69. The zero-order chi connectivity index (χ0) is 13.7. The van der Waals surface area contributed by atoms with Crippen molar-refractivity contribution in [2.45, 2.75) is 6.42 Å². The minimum absolute atomic E-state index is 0.0858. The van der Waals surface area contributed by atoms with Crippen molar-refractivity contribution >= 4 is 11.6 Å². The van der Waals surface area contributed by atoms with Gasteiger partial charge in [-0.25, -0.2) is 0 Å². The van der Waals surface area contributed by atoms with Gasteiger partial charge in [0.1, 0.15) is 5.75 Å². The average Bonchev–Trinajstić information content (AvgIpc) is 2.43. The number of nitrogens with one attached hydrogen (secondary N) is 1. The number of amides is 1. The third kappa shape index (κ3) is 3.45. The summed E-state index contributed by atoms with van der Waals surface area (Å²) in [6.07, 6.45) is 2.38. The molecule has 0 saturated carbocycles. The van der Waals surface area contributed by atoms with Crippen molar-refractivity contribution in [1.82, 2.24) is 10.3 Å². The molecule has 2 rings (SSSR count). The molecule has 98 valence electrons. The quantitative estimate of drug-likeness (QED) is 0.569. The van der Waals surface area contributed by atoms with E-state index in [9.17, 15) is 9.90 Å². The Balaban J connectivity index is 1.89. The van der Waals surface area contributed by atoms with Gasteiger partial charge in [-0.05, 0) is 30.3 Å². The Morgan fingerprint density at radius 1 is 1.32 bits per heavy atom. The molecule has 0 atom stereocenters. The van der Waals surface area contributed by atoms with E-state index in [0.717, 1.165) is 5.69 Å². The summed E-state index contributed by atoms with van der Waals surface area (Å²) < 4.78 is 0. The van der Waals surface area contributed by atoms with Gasteiger partial charge in [0, 0.05) is 30.4 Å². The number of anilines is 1. The van der Waals surface area contributed by atoms with Crippen LogP contribution in [-0.2, 0) is 6.42 Å². The van der Waals surface area contributed by atoms with Crippen LogP contribution in [0.5, 0.6) is 5.75 Å². The molecule has 0 aliphatic carbocycles. The number of hydrogen-bond donors (Lipinski definition) is 3. The van der Waals surface area contributed by atoms with Crippen molar-refractivity contribution in [3.05, 3.63) is 53.9 Å². The molecule has 2 aromatic rings. The minimum Gasteiger partial charge on any atom is -0.506 e. The predicted octanol–water partition coefficient (Wildman–Crippen LogP) is 1.34. The maximum absolute atomic E-state index is 11.8. The van der Waals surface area contributed by atoms with E-state index < -0.39 is 0 Å². The Morgan fingerprint density at radius 2 is 2.16 bits per heavy atom. The number of pyridine rings is 1. The fraction of sp³-hybridized carbons (Fsp3) is 0.143. The molecule has 1 aromatic carbocycles. The molecular weight excluding hydrogens is 242 g/mol. The first-order valence-corrected chi connectivity index (χ1v) is 5.93. The molecule has 0 spiro atoms. The highest BCUT2D eigenvalue weighted by atomic mass is 16.3. The summed E-state index contributed by atoms with van der Waals surface area (Å²) in [5, 5.41) is 12.2. The van der Waals surface area contributed by atoms with Gasteiger partial charge in [0.15, 0.2) is 0 Å². The average molecular weight is 257 g/mol. The van der Waals surface area contributed by atoms with Crippen LogP contribution in [0.3, 0.4) is 0 Å². The second-order valence-corrected chi connectivity index (χ2v) is 4.10. The Morgan fingerprint density at radius 3 is 2.84 bits per heavy atom. The van der Waals surface area contributed by atoms with Gasteiger partial charge in [0.05, 0.1) is 5.69 Å². The van der Waals surface area contributed by atoms with Gasteiger partial charge in [-0.2, -0.15) is 0 Å². The summed E-state index contributed by atoms with van der Waals surface area (Å²) in [6, 6.07) is 10.1. The second-order valence-electron chi connectivity index (χ2n) is 4.10. The molecule has 0 fully saturated rings. The molecule has 5 nitrogen and oxygen atoms in total. The summed E-state index contributed by atoms with van der Waals surface area (Å²) in [7, 11) is 0. The van der Waals surface area contributed by atoms with Crippen molar-refractivity contribution in [2.75, 3.05) is 12.3 Å². The van der Waals surface area contributed by atoms with Crippen molar-refractivity contribution < 1.29 is 9.90 Å². The lowest BCUT2D eigenvalue weighted by atomic mass is 10.1. The molecule has 1 amide bonds. The van der Waals surface area contributed by atoms with E-state index in [1.54, 1.807) is 12.3 Å². The van der Waals surface area contributed by atoms with Crippen LogP contribution in [0.25, 0.3) is 0 Å². The van der Waals surface area contributed by atoms with E-state index >= 15 is 0 Å². The molecule has 0 unspecified atom stereocenters. The number of aromatic hydroxyl groups is 1. The maximum atomic E-state index is 11.8. The minimum atomic E-state index is -0.244. The largest absolute Gasteiger partial charge is 0.506 e. The summed E-state index contributed by atoms with van der Waals surface area (Å²) in [6.45, 7) is 0.487. The van der Waals surface area contributed by atoms with Crippen LogP contribution in [0.2, 0.25) is 0 Å². The standard InChI is InChI=1S/C14H15N3O2/c15-12-5-4-10(9-13(12)18)14(19)17-8-6-11-3-1-2-7-16-11/h1-5,7,9,18H,6,8,15H2,(H,17,19). The number of phenols is 1. The molecule has 5 heteroatoms. The van der Waals surface area contributed by atoms with Gasteiger partial charge in [0.2, 0.25) is 0 Å². The SMILES string of the molecule is Nc1ccc(C(=O)NCCc2ccccn2)cc1O. The van der Waals surface area contributed by atoms with Crippen LogP contribution in [0.4, 0.5) is 5.69 Å². The van der Waals surface area contributed by atoms with Crippen molar-refractivity contribution in [1.29, 1.82) is 0 Å². The number of carbonyl (C=O) groups is 1. The molecule has 0 aliphatic rings. The normalized spacial score (nSPS) is 10.1. The Bertz CT molecular complexity index is 570. The van der Waals surface area contributed by atoms with Gasteiger partial charge < -0.3 is 16.2 Å². The number of nitrogen functional groups attached to an aromatic ring is 1. The number of benzene rings is 1. The van der Waals surface area contributed by atoms with E-state index in [1.807, 2.05) is 18.2 Å². The summed E-state index contributed by atoms with van der Waals surface area (Å²) in [4.78, 5) is 16.0. The number of nitrogens with two attached hydrogens (primary N) is 1. The molecule has 0 aliphatic heterocycles. The highest BCUT2D eigenvalue weighted by Crippen LogP contribution is 2.20. The van der Waals surface area contributed by atoms with Crippen LogP contribution in [0.1, 0.15) is 16.1 Å². The number of rotatable bonds is 4. The number of aromatic nitrogens is 1. The molecule has 0 saturated heterocycles. The highest BCUT2D eigenvalue weighted by molar-refractivity contribution is 5.95. The first-order chi connectivity index (χ1) is 9.16.